The zero-order chi connectivity index (χ0) is 96.9. The molecule has 0 aromatic heterocycles. The fourth-order valence-corrected chi connectivity index (χ4v) is 25.2. The van der Waals surface area contributed by atoms with Crippen molar-refractivity contribution < 1.29 is 0 Å². The van der Waals surface area contributed by atoms with E-state index in [1.807, 2.05) is 0 Å². The van der Waals surface area contributed by atoms with Crippen LogP contribution in [0.4, 0.5) is 0 Å². The van der Waals surface area contributed by atoms with E-state index >= 15 is 0 Å². The highest BCUT2D eigenvalue weighted by Gasteiger charge is 2.28. The molecule has 0 spiro atoms. The first-order valence-corrected chi connectivity index (χ1v) is 51.5. The van der Waals surface area contributed by atoms with Gasteiger partial charge in [0.1, 0.15) is 0 Å². The molecule has 0 amide bonds. The summed E-state index contributed by atoms with van der Waals surface area (Å²) in [5, 5.41) is 56.6. The number of fused-ring (bicyclic) bond motifs is 52. The summed E-state index contributed by atoms with van der Waals surface area (Å²) in [7, 11) is 0. The van der Waals surface area contributed by atoms with Gasteiger partial charge in [-0.05, 0) is 318 Å². The van der Waals surface area contributed by atoms with Crippen molar-refractivity contribution in [3.63, 3.8) is 0 Å². The van der Waals surface area contributed by atoms with E-state index in [0.29, 0.717) is 0 Å². The monoisotopic (exact) mass is 1860 g/mol. The third-order valence-corrected chi connectivity index (χ3v) is 31.6. The minimum absolute atomic E-state index is 1.03. The van der Waals surface area contributed by atoms with Crippen molar-refractivity contribution >= 4 is 226 Å². The van der Waals surface area contributed by atoms with E-state index in [1.165, 1.54) is 293 Å². The molecule has 0 saturated carbocycles. The second-order valence-corrected chi connectivity index (χ2v) is 39.4. The van der Waals surface area contributed by atoms with Gasteiger partial charge in [-0.25, -0.2) is 0 Å². The average Bonchev–Trinajstić information content (AvgIpc) is 1.69. The largest absolute Gasteiger partial charge is 0.0619 e. The molecule has 0 nitrogen and oxygen atoms in total. The van der Waals surface area contributed by atoms with Crippen molar-refractivity contribution in [3.05, 3.63) is 579 Å². The van der Waals surface area contributed by atoms with Crippen molar-refractivity contribution in [2.24, 2.45) is 0 Å². The lowest BCUT2D eigenvalue weighted by atomic mass is 9.87. The van der Waals surface area contributed by atoms with Gasteiger partial charge < -0.3 is 0 Å². The first-order valence-electron chi connectivity index (χ1n) is 51.5. The van der Waals surface area contributed by atoms with Crippen molar-refractivity contribution in [3.8, 4) is 33.4 Å². The molecule has 3 aliphatic carbocycles. The quantitative estimate of drug-likeness (QED) is 0.133. The van der Waals surface area contributed by atoms with Crippen LogP contribution in [0.2, 0.25) is 0 Å². The van der Waals surface area contributed by atoms with Crippen LogP contribution in [-0.4, -0.2) is 0 Å². The Labute approximate surface area is 851 Å². The van der Waals surface area contributed by atoms with Gasteiger partial charge >= 0.3 is 0 Å². The predicted octanol–water partition coefficient (Wildman–Crippen LogP) is 40.7. The Morgan fingerprint density at radius 2 is 0.327 bits per heavy atom. The second-order valence-electron chi connectivity index (χ2n) is 39.4. The maximum atomic E-state index is 2.39. The zero-order valence-electron chi connectivity index (χ0n) is 81.1. The Bertz CT molecular complexity index is 10300. The highest BCUT2D eigenvalue weighted by molar-refractivity contribution is 6.40. The maximum absolute atomic E-state index is 2.39. The molecule has 0 unspecified atom stereocenters. The van der Waals surface area contributed by atoms with Crippen LogP contribution >= 0.6 is 0 Å². The molecule has 0 heteroatoms. The highest BCUT2D eigenvalue weighted by atomic mass is 14.3. The predicted molar refractivity (Wildman–Crippen MR) is 637 cm³/mol. The maximum Gasteiger partial charge on any atom is -0.000683 e. The molecule has 31 aromatic carbocycles. The summed E-state index contributed by atoms with van der Waals surface area (Å²) in [6.07, 6.45) is 3.13. The average molecular weight is 1860 g/mol. The normalized spacial score (nSPS) is 12.0. The topological polar surface area (TPSA) is 0 Å². The second kappa shape index (κ2) is 36.4. The summed E-state index contributed by atoms with van der Waals surface area (Å²) >= 11 is 0. The molecule has 0 saturated heterocycles. The van der Waals surface area contributed by atoms with Gasteiger partial charge in [0, 0.05) is 0 Å². The first-order chi connectivity index (χ1) is 73.0. The Morgan fingerprint density at radius 1 is 0.0952 bits per heavy atom. The van der Waals surface area contributed by atoms with Crippen LogP contribution in [0.3, 0.4) is 0 Å². The molecule has 684 valence electrons. The molecule has 147 heavy (non-hydrogen) atoms. The number of benzene rings is 31. The Kier molecular flexibility index (Phi) is 21.3. The van der Waals surface area contributed by atoms with Crippen LogP contribution < -0.4 is 0 Å². The van der Waals surface area contributed by atoms with Crippen LogP contribution in [0.1, 0.15) is 33.4 Å². The fraction of sp³-hybridized carbons (Fsp3) is 0.0204. The van der Waals surface area contributed by atoms with E-state index in [9.17, 15) is 0 Å². The van der Waals surface area contributed by atoms with Gasteiger partial charge in [-0.3, -0.25) is 0 Å². The number of hydrogen-bond donors (Lipinski definition) is 0. The summed E-state index contributed by atoms with van der Waals surface area (Å²) in [4.78, 5) is 0. The summed E-state index contributed by atoms with van der Waals surface area (Å²) in [6.45, 7) is 0. The third kappa shape index (κ3) is 14.6. The van der Waals surface area contributed by atoms with Gasteiger partial charge in [0.25, 0.3) is 0 Å². The molecular formula is C147H96. The Balaban J connectivity index is 0.0000000834. The molecule has 34 rings (SSSR count). The zero-order valence-corrected chi connectivity index (χ0v) is 81.1. The number of hydrogen-bond acceptors (Lipinski definition) is 0. The third-order valence-electron chi connectivity index (χ3n) is 31.6. The van der Waals surface area contributed by atoms with Crippen molar-refractivity contribution in [1.29, 1.82) is 0 Å². The van der Waals surface area contributed by atoms with Crippen LogP contribution in [0.15, 0.2) is 546 Å². The molecule has 0 bridgehead atoms. The van der Waals surface area contributed by atoms with Gasteiger partial charge in [-0.2, -0.15) is 0 Å². The summed E-state index contributed by atoms with van der Waals surface area (Å²) in [5.41, 5.74) is 17.4. The molecule has 31 aromatic rings. The number of rotatable bonds is 0. The Morgan fingerprint density at radius 3 is 0.735 bits per heavy atom. The lowest BCUT2D eigenvalue weighted by Gasteiger charge is -2.16. The van der Waals surface area contributed by atoms with E-state index in [2.05, 4.69) is 546 Å². The summed E-state index contributed by atoms with van der Waals surface area (Å²) in [5.74, 6) is 0. The van der Waals surface area contributed by atoms with E-state index in [-0.39, 0.29) is 0 Å². The van der Waals surface area contributed by atoms with Crippen molar-refractivity contribution in [1.82, 2.24) is 0 Å². The van der Waals surface area contributed by atoms with Crippen LogP contribution in [-0.2, 0) is 19.3 Å². The molecule has 0 aliphatic heterocycles. The lowest BCUT2D eigenvalue weighted by molar-refractivity contribution is 1.29. The van der Waals surface area contributed by atoms with Crippen molar-refractivity contribution in [2.75, 3.05) is 0 Å². The minimum atomic E-state index is 1.03. The van der Waals surface area contributed by atoms with Crippen LogP contribution in [0.25, 0.3) is 260 Å². The van der Waals surface area contributed by atoms with Crippen molar-refractivity contribution in [2.45, 2.75) is 19.3 Å². The summed E-state index contributed by atoms with van der Waals surface area (Å²) in [6, 6.07) is 197. The lowest BCUT2D eigenvalue weighted by Crippen LogP contribution is -1.87. The van der Waals surface area contributed by atoms with E-state index in [4.69, 9.17) is 0 Å². The first kappa shape index (κ1) is 86.2. The van der Waals surface area contributed by atoms with Crippen LogP contribution in [0, 0.1) is 0 Å². The van der Waals surface area contributed by atoms with Gasteiger partial charge in [0.05, 0.1) is 0 Å². The van der Waals surface area contributed by atoms with Gasteiger partial charge in [0.2, 0.25) is 0 Å². The fourth-order valence-electron chi connectivity index (χ4n) is 25.2. The summed E-state index contributed by atoms with van der Waals surface area (Å²) < 4.78 is 0. The van der Waals surface area contributed by atoms with E-state index in [1.54, 1.807) is 0 Å². The standard InChI is InChI=1S/C26H16.C25H16.C22H14.2C21H14.C18H12.C14H10/c1-5-13-21-17(9-1)18-10-2-6-14-22(18)26-24-16-8-4-12-20(24)19-11-3-7-15-23(19)25(21)26;1-2-8-17-14-23-18(13-16(17)7-1)15-24-21-11-4-3-9-19(21)20-10-5-6-12-22(20)25(23)24;1-2-8-16-15(7-1)13-14-21-19-11-4-3-9-17(19)18-10-5-6-12-20(18)22(16)21;1-3-7-17-14(5-1)11-12-19-20(17)13-16-10-9-15-6-2-4-8-18(15)21(16)19;1-2-8-15-14(7-1)13-20-18-11-4-3-9-16(18)17-10-5-6-12-19(17)21(15)20;1-2-8-14-13(7-1)15-9-3-4-11-17(15)18-12-6-5-10-16(14)18;1-3-7-13-11(5-1)9-10-12-6-2-4-8-14(12)13/h1-16H;1-14H,15H2;1-14H;2*1-12H,13H2;1-12H;1-10H. The Hall–Kier alpha value is -18.7. The minimum Gasteiger partial charge on any atom is -0.0619 e. The van der Waals surface area contributed by atoms with Gasteiger partial charge in [-0.1, -0.05) is 540 Å². The molecule has 3 aliphatic rings. The van der Waals surface area contributed by atoms with Gasteiger partial charge in [0.15, 0.2) is 0 Å². The highest BCUT2D eigenvalue weighted by Crippen LogP contribution is 2.52. The smallest absolute Gasteiger partial charge is 0.000683 e. The van der Waals surface area contributed by atoms with Gasteiger partial charge in [-0.15, -0.1) is 0 Å². The SMILES string of the molecule is c1ccc2c(c1)Cc1c-2c2ccccc2c2ccccc12.c1ccc2c(c1)c1ccccc1c1c3ccccc3c3ccccc3c21.c1ccc2c(c1)c1ccccc1c1ccccc21.c1ccc2c(c1)ccc1c3ccccc3c3ccccc3c21.c1ccc2c(c1)ccc1ccccc12.c1ccc2c3c(ccc2c1)-c1c(ccc2ccccc12)C3.c1ccc2cc3c(cc2c1)Cc1c-3c2ccccc2c2ccccc12. The molecule has 0 radical (unpaired) electrons. The molecule has 0 heterocycles. The van der Waals surface area contributed by atoms with E-state index in [0.717, 1.165) is 19.3 Å². The van der Waals surface area contributed by atoms with E-state index < -0.39 is 0 Å². The molecule has 0 N–H and O–H groups in total. The van der Waals surface area contributed by atoms with Crippen LogP contribution in [0.5, 0.6) is 0 Å². The molecule has 0 atom stereocenters. The molecular weight excluding hydrogens is 1770 g/mol. The molecule has 0 fully saturated rings.